The van der Waals surface area contributed by atoms with Crippen LogP contribution in [-0.4, -0.2) is 40.1 Å². The maximum Gasteiger partial charge on any atom is 0.257 e. The molecule has 0 aliphatic heterocycles. The van der Waals surface area contributed by atoms with E-state index in [0.717, 1.165) is 12.3 Å². The number of aromatic nitrogens is 1. The largest absolute Gasteiger partial charge is 0.395 e. The van der Waals surface area contributed by atoms with Gasteiger partial charge in [0.1, 0.15) is 11.0 Å². The summed E-state index contributed by atoms with van der Waals surface area (Å²) in [5.74, 6) is -1.06. The highest BCUT2D eigenvalue weighted by molar-refractivity contribution is 6.32. The Morgan fingerprint density at radius 2 is 2.29 bits per heavy atom. The van der Waals surface area contributed by atoms with Gasteiger partial charge in [0.05, 0.1) is 18.4 Å². The molecule has 1 amide bonds. The van der Waals surface area contributed by atoms with Crippen LogP contribution in [0.15, 0.2) is 12.3 Å². The summed E-state index contributed by atoms with van der Waals surface area (Å²) in [6.07, 6.45) is 0.949. The number of nitrogens with zero attached hydrogens (tertiary/aromatic N) is 2. The Morgan fingerprint density at radius 3 is 2.82 bits per heavy atom. The van der Waals surface area contributed by atoms with E-state index < -0.39 is 11.7 Å². The van der Waals surface area contributed by atoms with Gasteiger partial charge in [-0.3, -0.25) is 4.79 Å². The van der Waals surface area contributed by atoms with E-state index >= 15 is 0 Å². The molecule has 0 fully saturated rings. The van der Waals surface area contributed by atoms with Gasteiger partial charge < -0.3 is 10.0 Å². The Bertz CT molecular complexity index is 412. The summed E-state index contributed by atoms with van der Waals surface area (Å²) in [6.45, 7) is 3.61. The number of amides is 1. The van der Waals surface area contributed by atoms with Crippen molar-refractivity contribution in [2.24, 2.45) is 0 Å². The first-order valence-electron chi connectivity index (χ1n) is 5.20. The third-order valence-corrected chi connectivity index (χ3v) is 2.56. The molecule has 0 aliphatic carbocycles. The molecule has 1 aromatic rings. The van der Waals surface area contributed by atoms with Gasteiger partial charge >= 0.3 is 0 Å². The Balaban J connectivity index is 3.04. The molecule has 0 aliphatic rings. The number of hydrogen-bond donors (Lipinski definition) is 1. The van der Waals surface area contributed by atoms with Gasteiger partial charge in [-0.2, -0.15) is 0 Å². The summed E-state index contributed by atoms with van der Waals surface area (Å²) in [5.41, 5.74) is 0.00816. The first kappa shape index (κ1) is 13.9. The highest BCUT2D eigenvalue weighted by Gasteiger charge is 2.21. The van der Waals surface area contributed by atoms with Gasteiger partial charge in [0.15, 0.2) is 0 Å². The van der Waals surface area contributed by atoms with Crippen molar-refractivity contribution in [2.45, 2.75) is 19.9 Å². The maximum absolute atomic E-state index is 13.0. The second-order valence-corrected chi connectivity index (χ2v) is 4.17. The number of aliphatic hydroxyl groups excluding tert-OH is 1. The van der Waals surface area contributed by atoms with Crippen LogP contribution in [-0.2, 0) is 0 Å². The maximum atomic E-state index is 13.0. The molecule has 17 heavy (non-hydrogen) atoms. The molecule has 1 rings (SSSR count). The van der Waals surface area contributed by atoms with Gasteiger partial charge in [-0.05, 0) is 19.9 Å². The third-order valence-electron chi connectivity index (χ3n) is 2.26. The highest BCUT2D eigenvalue weighted by atomic mass is 35.5. The molecule has 1 N–H and O–H groups in total. The molecule has 0 saturated heterocycles. The van der Waals surface area contributed by atoms with Crippen LogP contribution in [0.2, 0.25) is 5.15 Å². The Hall–Kier alpha value is -1.20. The first-order valence-corrected chi connectivity index (χ1v) is 5.58. The smallest absolute Gasteiger partial charge is 0.257 e. The minimum atomic E-state index is -0.620. The standard InChI is InChI=1S/C11H14ClFN2O2/c1-7(2)15(3-4-16)11(17)9-5-8(13)6-14-10(9)12/h5-7,16H,3-4H2,1-2H3. The molecular formula is C11H14ClFN2O2. The predicted octanol–water partition coefficient (Wildman–Crippen LogP) is 1.72. The van der Waals surface area contributed by atoms with Crippen LogP contribution < -0.4 is 0 Å². The molecule has 6 heteroatoms. The van der Waals surface area contributed by atoms with E-state index in [0.29, 0.717) is 0 Å². The van der Waals surface area contributed by atoms with Crippen molar-refractivity contribution < 1.29 is 14.3 Å². The molecule has 0 saturated carbocycles. The van der Waals surface area contributed by atoms with Crippen LogP contribution in [0.3, 0.4) is 0 Å². The lowest BCUT2D eigenvalue weighted by Gasteiger charge is -2.26. The number of aliphatic hydroxyl groups is 1. The van der Waals surface area contributed by atoms with Crippen LogP contribution in [0, 0.1) is 5.82 Å². The van der Waals surface area contributed by atoms with Crippen molar-refractivity contribution in [1.29, 1.82) is 0 Å². The molecule has 0 radical (unpaired) electrons. The lowest BCUT2D eigenvalue weighted by atomic mass is 10.2. The summed E-state index contributed by atoms with van der Waals surface area (Å²) in [6, 6.07) is 0.929. The fraction of sp³-hybridized carbons (Fsp3) is 0.455. The normalized spacial score (nSPS) is 10.7. The Kier molecular flexibility index (Phi) is 4.84. The van der Waals surface area contributed by atoms with Gasteiger partial charge in [0, 0.05) is 12.6 Å². The van der Waals surface area contributed by atoms with Crippen molar-refractivity contribution in [3.05, 3.63) is 28.8 Å². The second-order valence-electron chi connectivity index (χ2n) is 3.81. The SMILES string of the molecule is CC(C)N(CCO)C(=O)c1cc(F)cnc1Cl. The minimum Gasteiger partial charge on any atom is -0.395 e. The van der Waals surface area contributed by atoms with Crippen LogP contribution in [0.1, 0.15) is 24.2 Å². The number of pyridine rings is 1. The topological polar surface area (TPSA) is 53.4 Å². The zero-order valence-electron chi connectivity index (χ0n) is 9.65. The number of halogens is 2. The highest BCUT2D eigenvalue weighted by Crippen LogP contribution is 2.17. The molecule has 94 valence electrons. The lowest BCUT2D eigenvalue weighted by Crippen LogP contribution is -2.39. The van der Waals surface area contributed by atoms with Crippen LogP contribution in [0.4, 0.5) is 4.39 Å². The van der Waals surface area contributed by atoms with Crippen LogP contribution >= 0.6 is 11.6 Å². The molecular weight excluding hydrogens is 247 g/mol. The van der Waals surface area contributed by atoms with Gasteiger partial charge in [-0.25, -0.2) is 9.37 Å². The Labute approximate surface area is 104 Å². The fourth-order valence-corrected chi connectivity index (χ4v) is 1.61. The second kappa shape index (κ2) is 5.93. The first-order chi connectivity index (χ1) is 7.97. The molecule has 1 heterocycles. The van der Waals surface area contributed by atoms with Crippen molar-refractivity contribution in [3.63, 3.8) is 0 Å². The zero-order chi connectivity index (χ0) is 13.0. The van der Waals surface area contributed by atoms with Crippen molar-refractivity contribution >= 4 is 17.5 Å². The van der Waals surface area contributed by atoms with E-state index in [9.17, 15) is 9.18 Å². The monoisotopic (exact) mass is 260 g/mol. The van der Waals surface area contributed by atoms with Gasteiger partial charge in [0.25, 0.3) is 5.91 Å². The quantitative estimate of drug-likeness (QED) is 0.839. The van der Waals surface area contributed by atoms with E-state index in [-0.39, 0.29) is 29.9 Å². The minimum absolute atomic E-state index is 0.00816. The van der Waals surface area contributed by atoms with Crippen molar-refractivity contribution in [3.8, 4) is 0 Å². The van der Waals surface area contributed by atoms with E-state index in [2.05, 4.69) is 4.98 Å². The molecule has 0 unspecified atom stereocenters. The molecule has 1 aromatic heterocycles. The van der Waals surface area contributed by atoms with E-state index in [1.165, 1.54) is 4.90 Å². The number of carbonyl (C=O) groups excluding carboxylic acids is 1. The molecule has 4 nitrogen and oxygen atoms in total. The van der Waals surface area contributed by atoms with Crippen LogP contribution in [0.25, 0.3) is 0 Å². The predicted molar refractivity (Wildman–Crippen MR) is 62.5 cm³/mol. The zero-order valence-corrected chi connectivity index (χ0v) is 10.4. The van der Waals surface area contributed by atoms with Crippen molar-refractivity contribution in [2.75, 3.05) is 13.2 Å². The fourth-order valence-electron chi connectivity index (χ4n) is 1.43. The molecule has 0 bridgehead atoms. The summed E-state index contributed by atoms with van der Waals surface area (Å²) in [7, 11) is 0. The van der Waals surface area contributed by atoms with E-state index in [4.69, 9.17) is 16.7 Å². The summed E-state index contributed by atoms with van der Waals surface area (Å²) in [4.78, 5) is 17.1. The molecule has 0 aromatic carbocycles. The average Bonchev–Trinajstić information content (AvgIpc) is 2.28. The lowest BCUT2D eigenvalue weighted by molar-refractivity contribution is 0.0664. The average molecular weight is 261 g/mol. The van der Waals surface area contributed by atoms with Crippen LogP contribution in [0.5, 0.6) is 0 Å². The van der Waals surface area contributed by atoms with Gasteiger partial charge in [0.2, 0.25) is 0 Å². The molecule has 0 spiro atoms. The molecule has 0 atom stereocenters. The van der Waals surface area contributed by atoms with Gasteiger partial charge in [-0.1, -0.05) is 11.6 Å². The summed E-state index contributed by atoms with van der Waals surface area (Å²) in [5, 5.41) is 8.85. The van der Waals surface area contributed by atoms with E-state index in [1.54, 1.807) is 13.8 Å². The number of carbonyl (C=O) groups is 1. The Morgan fingerprint density at radius 1 is 1.65 bits per heavy atom. The summed E-state index contributed by atoms with van der Waals surface area (Å²) < 4.78 is 13.0. The number of hydrogen-bond acceptors (Lipinski definition) is 3. The van der Waals surface area contributed by atoms with Crippen molar-refractivity contribution in [1.82, 2.24) is 9.88 Å². The van der Waals surface area contributed by atoms with E-state index in [1.807, 2.05) is 0 Å². The van der Waals surface area contributed by atoms with Gasteiger partial charge in [-0.15, -0.1) is 0 Å². The third kappa shape index (κ3) is 3.38. The number of rotatable bonds is 4. The summed E-state index contributed by atoms with van der Waals surface area (Å²) >= 11 is 5.75.